The number of nitrogens with one attached hydrogen (secondary N) is 2. The van der Waals surface area contributed by atoms with Gasteiger partial charge in [-0.05, 0) is 38.1 Å². The first-order chi connectivity index (χ1) is 8.48. The summed E-state index contributed by atoms with van der Waals surface area (Å²) >= 11 is 0. The third-order valence-corrected chi connectivity index (χ3v) is 5.37. The molecule has 2 atom stereocenters. The summed E-state index contributed by atoms with van der Waals surface area (Å²) in [6.45, 7) is 2.52. The molecule has 0 radical (unpaired) electrons. The van der Waals surface area contributed by atoms with Gasteiger partial charge in [-0.1, -0.05) is 6.92 Å². The summed E-state index contributed by atoms with van der Waals surface area (Å²) in [4.78, 5) is 11.5. The lowest BCUT2D eigenvalue weighted by molar-refractivity contribution is -0.123. The SMILES string of the molecule is CCS(=O)(=O)CCCC1CCNC(C(=O)NC)C1. The zero-order chi connectivity index (χ0) is 13.6. The molecular weight excluding hydrogens is 252 g/mol. The number of carbonyl (C=O) groups is 1. The molecule has 0 aliphatic carbocycles. The first-order valence-corrected chi connectivity index (χ1v) is 8.46. The number of carbonyl (C=O) groups excluding carboxylic acids is 1. The van der Waals surface area contributed by atoms with Crippen molar-refractivity contribution in [2.45, 2.75) is 38.6 Å². The lowest BCUT2D eigenvalue weighted by Gasteiger charge is -2.29. The molecule has 0 bridgehead atoms. The highest BCUT2D eigenvalue weighted by molar-refractivity contribution is 7.91. The summed E-state index contributed by atoms with van der Waals surface area (Å²) in [6, 6.07) is -0.114. The van der Waals surface area contributed by atoms with Crippen LogP contribution in [0.1, 0.15) is 32.6 Å². The van der Waals surface area contributed by atoms with Crippen molar-refractivity contribution in [2.75, 3.05) is 25.1 Å². The molecule has 1 aliphatic rings. The van der Waals surface area contributed by atoms with Crippen molar-refractivity contribution in [3.8, 4) is 0 Å². The van der Waals surface area contributed by atoms with Crippen molar-refractivity contribution >= 4 is 15.7 Å². The van der Waals surface area contributed by atoms with E-state index >= 15 is 0 Å². The Hall–Kier alpha value is -0.620. The lowest BCUT2D eigenvalue weighted by atomic mass is 9.88. The zero-order valence-electron chi connectivity index (χ0n) is 11.2. The standard InChI is InChI=1S/C12H24N2O3S/c1-3-18(16,17)8-4-5-10-6-7-14-11(9-10)12(15)13-2/h10-11,14H,3-9H2,1-2H3,(H,13,15). The molecule has 1 rings (SSSR count). The van der Waals surface area contributed by atoms with Crippen LogP contribution < -0.4 is 10.6 Å². The quantitative estimate of drug-likeness (QED) is 0.732. The van der Waals surface area contributed by atoms with Crippen LogP contribution in [0, 0.1) is 5.92 Å². The zero-order valence-corrected chi connectivity index (χ0v) is 12.1. The summed E-state index contributed by atoms with van der Waals surface area (Å²) in [6.07, 6.45) is 3.45. The van der Waals surface area contributed by atoms with Crippen LogP contribution >= 0.6 is 0 Å². The molecule has 1 fully saturated rings. The fourth-order valence-corrected chi connectivity index (χ4v) is 3.26. The van der Waals surface area contributed by atoms with E-state index in [9.17, 15) is 13.2 Å². The Morgan fingerprint density at radius 3 is 2.78 bits per heavy atom. The number of sulfone groups is 1. The van der Waals surface area contributed by atoms with E-state index in [0.717, 1.165) is 25.8 Å². The Labute approximate surface area is 110 Å². The number of hydrogen-bond acceptors (Lipinski definition) is 4. The third kappa shape index (κ3) is 4.94. The minimum absolute atomic E-state index is 0.0286. The maximum atomic E-state index is 11.5. The predicted octanol–water partition coefficient (Wildman–Crippen LogP) is 0.316. The molecular formula is C12H24N2O3S. The second-order valence-corrected chi connectivity index (χ2v) is 7.36. The van der Waals surface area contributed by atoms with E-state index in [1.807, 2.05) is 0 Å². The van der Waals surface area contributed by atoms with Gasteiger partial charge in [0.15, 0.2) is 0 Å². The summed E-state index contributed by atoms with van der Waals surface area (Å²) in [5.41, 5.74) is 0. The lowest BCUT2D eigenvalue weighted by Crippen LogP contribution is -2.47. The Morgan fingerprint density at radius 1 is 1.44 bits per heavy atom. The monoisotopic (exact) mass is 276 g/mol. The molecule has 18 heavy (non-hydrogen) atoms. The normalized spacial score (nSPS) is 24.8. The van der Waals surface area contributed by atoms with Gasteiger partial charge in [0, 0.05) is 12.8 Å². The van der Waals surface area contributed by atoms with Crippen molar-refractivity contribution in [2.24, 2.45) is 5.92 Å². The summed E-state index contributed by atoms with van der Waals surface area (Å²) < 4.78 is 22.8. The first-order valence-electron chi connectivity index (χ1n) is 6.64. The third-order valence-electron chi connectivity index (χ3n) is 3.58. The van der Waals surface area contributed by atoms with Crippen LogP contribution in [0.3, 0.4) is 0 Å². The molecule has 2 N–H and O–H groups in total. The molecule has 106 valence electrons. The van der Waals surface area contributed by atoms with Gasteiger partial charge in [0.1, 0.15) is 9.84 Å². The molecule has 0 saturated carbocycles. The Kier molecular flexibility index (Phi) is 6.08. The molecule has 1 aliphatic heterocycles. The van der Waals surface area contributed by atoms with Gasteiger partial charge in [-0.15, -0.1) is 0 Å². The van der Waals surface area contributed by atoms with Gasteiger partial charge in [-0.2, -0.15) is 0 Å². The van der Waals surface area contributed by atoms with Crippen LogP contribution in [-0.2, 0) is 14.6 Å². The van der Waals surface area contributed by atoms with Gasteiger partial charge in [-0.3, -0.25) is 4.79 Å². The van der Waals surface area contributed by atoms with Crippen molar-refractivity contribution in [3.05, 3.63) is 0 Å². The van der Waals surface area contributed by atoms with E-state index in [1.165, 1.54) is 0 Å². The van der Waals surface area contributed by atoms with E-state index in [1.54, 1.807) is 14.0 Å². The second-order valence-electron chi connectivity index (χ2n) is 4.89. The van der Waals surface area contributed by atoms with Gasteiger partial charge in [0.05, 0.1) is 11.8 Å². The van der Waals surface area contributed by atoms with E-state index in [-0.39, 0.29) is 23.5 Å². The van der Waals surface area contributed by atoms with Gasteiger partial charge >= 0.3 is 0 Å². The van der Waals surface area contributed by atoms with Gasteiger partial charge in [0.2, 0.25) is 5.91 Å². The minimum atomic E-state index is -2.85. The van der Waals surface area contributed by atoms with Crippen LogP contribution in [0.15, 0.2) is 0 Å². The Bertz CT molecular complexity index is 368. The number of hydrogen-bond donors (Lipinski definition) is 2. The Balaban J connectivity index is 2.33. The minimum Gasteiger partial charge on any atom is -0.358 e. The predicted molar refractivity (Wildman–Crippen MR) is 72.1 cm³/mol. The average Bonchev–Trinajstić information content (AvgIpc) is 2.38. The summed E-state index contributed by atoms with van der Waals surface area (Å²) in [5.74, 6) is 0.986. The highest BCUT2D eigenvalue weighted by atomic mass is 32.2. The van der Waals surface area contributed by atoms with E-state index in [0.29, 0.717) is 12.3 Å². The number of likely N-dealkylation sites (N-methyl/N-ethyl adjacent to an activating group) is 1. The average molecular weight is 276 g/mol. The van der Waals surface area contributed by atoms with Gasteiger partial charge in [0.25, 0.3) is 0 Å². The van der Waals surface area contributed by atoms with Crippen molar-refractivity contribution in [1.29, 1.82) is 0 Å². The Morgan fingerprint density at radius 2 is 2.17 bits per heavy atom. The number of rotatable bonds is 6. The van der Waals surface area contributed by atoms with E-state index < -0.39 is 9.84 Å². The van der Waals surface area contributed by atoms with Crippen molar-refractivity contribution in [3.63, 3.8) is 0 Å². The molecule has 2 unspecified atom stereocenters. The first kappa shape index (κ1) is 15.4. The van der Waals surface area contributed by atoms with Crippen LogP contribution in [-0.4, -0.2) is 45.5 Å². The maximum absolute atomic E-state index is 11.5. The van der Waals surface area contributed by atoms with E-state index in [4.69, 9.17) is 0 Å². The topological polar surface area (TPSA) is 75.3 Å². The van der Waals surface area contributed by atoms with Crippen LogP contribution in [0.25, 0.3) is 0 Å². The van der Waals surface area contributed by atoms with Crippen LogP contribution in [0.2, 0.25) is 0 Å². The van der Waals surface area contributed by atoms with Gasteiger partial charge in [-0.25, -0.2) is 8.42 Å². The fraction of sp³-hybridized carbons (Fsp3) is 0.917. The molecule has 0 aromatic carbocycles. The van der Waals surface area contributed by atoms with Crippen LogP contribution in [0.4, 0.5) is 0 Å². The summed E-state index contributed by atoms with van der Waals surface area (Å²) in [5, 5.41) is 5.83. The van der Waals surface area contributed by atoms with Crippen molar-refractivity contribution in [1.82, 2.24) is 10.6 Å². The van der Waals surface area contributed by atoms with E-state index in [2.05, 4.69) is 10.6 Å². The molecule has 0 aromatic heterocycles. The highest BCUT2D eigenvalue weighted by Gasteiger charge is 2.25. The molecule has 1 heterocycles. The summed E-state index contributed by atoms with van der Waals surface area (Å²) in [7, 11) is -1.21. The van der Waals surface area contributed by atoms with Crippen molar-refractivity contribution < 1.29 is 13.2 Å². The molecule has 6 heteroatoms. The molecule has 5 nitrogen and oxygen atoms in total. The maximum Gasteiger partial charge on any atom is 0.236 e. The number of amides is 1. The molecule has 0 spiro atoms. The van der Waals surface area contributed by atoms with Crippen LogP contribution in [0.5, 0.6) is 0 Å². The van der Waals surface area contributed by atoms with Gasteiger partial charge < -0.3 is 10.6 Å². The smallest absolute Gasteiger partial charge is 0.236 e. The highest BCUT2D eigenvalue weighted by Crippen LogP contribution is 2.21. The molecule has 0 aromatic rings. The molecule has 1 amide bonds. The molecule has 1 saturated heterocycles. The second kappa shape index (κ2) is 7.09. The number of piperidine rings is 1. The largest absolute Gasteiger partial charge is 0.358 e. The fourth-order valence-electron chi connectivity index (χ4n) is 2.37.